The fraction of sp³-hybridized carbons (Fsp3) is 0.500. The molecule has 3 rings (SSSR count). The Balaban J connectivity index is 0.00000176. The average molecular weight is 323 g/mol. The lowest BCUT2D eigenvalue weighted by molar-refractivity contribution is 0.121. The topological polar surface area (TPSA) is 63.6 Å². The van der Waals surface area contributed by atoms with Crippen LogP contribution in [0, 0.1) is 0 Å². The van der Waals surface area contributed by atoms with Crippen LogP contribution in [-0.2, 0) is 6.54 Å². The average Bonchev–Trinajstić information content (AvgIpc) is 2.47. The maximum absolute atomic E-state index is 12.1. The van der Waals surface area contributed by atoms with Crippen molar-refractivity contribution in [2.45, 2.75) is 44.8 Å². The standard InChI is InChI=1S/C16H22N4O.ClH/c1-12(17)14-6-2-4-8-19(14)11-13-10-16(21)20-9-5-3-7-15(20)18-13;/h3,5,7,9-10,12,14H,2,4,6,8,11,17H2,1H3;1H. The number of likely N-dealkylation sites (tertiary alicyclic amines) is 1. The van der Waals surface area contributed by atoms with E-state index in [0.717, 1.165) is 18.7 Å². The highest BCUT2D eigenvalue weighted by molar-refractivity contribution is 5.85. The Hall–Kier alpha value is -1.43. The molecule has 2 atom stereocenters. The number of nitrogens with two attached hydrogens (primary N) is 1. The van der Waals surface area contributed by atoms with Crippen LogP contribution in [0.25, 0.3) is 5.65 Å². The van der Waals surface area contributed by atoms with Gasteiger partial charge in [0.15, 0.2) is 0 Å². The van der Waals surface area contributed by atoms with Crippen LogP contribution in [0.4, 0.5) is 0 Å². The third-order valence-corrected chi connectivity index (χ3v) is 4.26. The van der Waals surface area contributed by atoms with Crippen molar-refractivity contribution in [1.82, 2.24) is 14.3 Å². The number of aromatic nitrogens is 2. The summed E-state index contributed by atoms with van der Waals surface area (Å²) in [6.45, 7) is 3.79. The van der Waals surface area contributed by atoms with Crippen molar-refractivity contribution in [1.29, 1.82) is 0 Å². The molecule has 0 saturated carbocycles. The summed E-state index contributed by atoms with van der Waals surface area (Å²) in [5.41, 5.74) is 7.62. The maximum Gasteiger partial charge on any atom is 0.258 e. The summed E-state index contributed by atoms with van der Waals surface area (Å²) in [4.78, 5) is 19.1. The summed E-state index contributed by atoms with van der Waals surface area (Å²) >= 11 is 0. The number of nitrogens with zero attached hydrogens (tertiary/aromatic N) is 3. The molecule has 1 fully saturated rings. The van der Waals surface area contributed by atoms with Gasteiger partial charge in [-0.1, -0.05) is 12.5 Å². The summed E-state index contributed by atoms with van der Waals surface area (Å²) in [6.07, 6.45) is 5.30. The van der Waals surface area contributed by atoms with Crippen molar-refractivity contribution in [3.05, 3.63) is 46.5 Å². The van der Waals surface area contributed by atoms with Gasteiger partial charge in [0.2, 0.25) is 0 Å². The summed E-state index contributed by atoms with van der Waals surface area (Å²) in [5, 5.41) is 0. The second-order valence-corrected chi connectivity index (χ2v) is 5.91. The molecule has 2 aromatic heterocycles. The van der Waals surface area contributed by atoms with E-state index in [4.69, 9.17) is 5.73 Å². The zero-order valence-corrected chi connectivity index (χ0v) is 13.6. The molecule has 2 unspecified atom stereocenters. The van der Waals surface area contributed by atoms with E-state index in [1.54, 1.807) is 16.7 Å². The van der Waals surface area contributed by atoms with Crippen molar-refractivity contribution in [3.8, 4) is 0 Å². The zero-order chi connectivity index (χ0) is 14.8. The van der Waals surface area contributed by atoms with Crippen LogP contribution in [0.1, 0.15) is 31.9 Å². The summed E-state index contributed by atoms with van der Waals surface area (Å²) in [6, 6.07) is 7.77. The minimum Gasteiger partial charge on any atom is -0.327 e. The third-order valence-electron chi connectivity index (χ3n) is 4.26. The Morgan fingerprint density at radius 1 is 1.41 bits per heavy atom. The second-order valence-electron chi connectivity index (χ2n) is 5.91. The number of pyridine rings is 1. The molecular weight excluding hydrogens is 300 g/mol. The first kappa shape index (κ1) is 16.9. The van der Waals surface area contributed by atoms with Gasteiger partial charge in [-0.2, -0.15) is 0 Å². The maximum atomic E-state index is 12.1. The summed E-state index contributed by atoms with van der Waals surface area (Å²) < 4.78 is 1.57. The molecule has 0 aliphatic carbocycles. The Kier molecular flexibility index (Phi) is 5.56. The molecule has 6 heteroatoms. The van der Waals surface area contributed by atoms with Crippen molar-refractivity contribution in [2.75, 3.05) is 6.54 Å². The Bertz CT molecular complexity index is 685. The Labute approximate surface area is 136 Å². The first-order valence-electron chi connectivity index (χ1n) is 7.62. The molecule has 3 heterocycles. The van der Waals surface area contributed by atoms with Gasteiger partial charge in [-0.05, 0) is 38.4 Å². The van der Waals surface area contributed by atoms with Crippen LogP contribution in [0.3, 0.4) is 0 Å². The van der Waals surface area contributed by atoms with Gasteiger partial charge in [0.05, 0.1) is 5.69 Å². The van der Waals surface area contributed by atoms with E-state index < -0.39 is 0 Å². The van der Waals surface area contributed by atoms with E-state index in [1.807, 2.05) is 18.2 Å². The minimum atomic E-state index is -0.0232. The van der Waals surface area contributed by atoms with Gasteiger partial charge in [-0.15, -0.1) is 12.4 Å². The van der Waals surface area contributed by atoms with Gasteiger partial charge in [0, 0.05) is 30.9 Å². The molecule has 0 radical (unpaired) electrons. The molecule has 2 aromatic rings. The van der Waals surface area contributed by atoms with Gasteiger partial charge >= 0.3 is 0 Å². The number of fused-ring (bicyclic) bond motifs is 1. The predicted octanol–water partition coefficient (Wildman–Crippen LogP) is 1.82. The fourth-order valence-electron chi connectivity index (χ4n) is 3.20. The number of hydrogen-bond donors (Lipinski definition) is 1. The highest BCUT2D eigenvalue weighted by Crippen LogP contribution is 2.20. The molecular formula is C16H23ClN4O. The van der Waals surface area contributed by atoms with Gasteiger partial charge in [-0.3, -0.25) is 14.1 Å². The number of rotatable bonds is 3. The lowest BCUT2D eigenvalue weighted by atomic mass is 9.97. The molecule has 2 N–H and O–H groups in total. The van der Waals surface area contributed by atoms with E-state index in [2.05, 4.69) is 16.8 Å². The second kappa shape index (κ2) is 7.22. The van der Waals surface area contributed by atoms with Gasteiger partial charge < -0.3 is 5.73 Å². The molecule has 0 spiro atoms. The number of hydrogen-bond acceptors (Lipinski definition) is 4. The van der Waals surface area contributed by atoms with E-state index in [0.29, 0.717) is 18.2 Å². The van der Waals surface area contributed by atoms with Gasteiger partial charge in [0.1, 0.15) is 5.65 Å². The molecule has 0 aromatic carbocycles. The van der Waals surface area contributed by atoms with Crippen molar-refractivity contribution < 1.29 is 0 Å². The highest BCUT2D eigenvalue weighted by atomic mass is 35.5. The van der Waals surface area contributed by atoms with E-state index in [1.165, 1.54) is 12.8 Å². The molecule has 22 heavy (non-hydrogen) atoms. The van der Waals surface area contributed by atoms with Crippen LogP contribution in [0.15, 0.2) is 35.3 Å². The van der Waals surface area contributed by atoms with Crippen LogP contribution < -0.4 is 11.3 Å². The SMILES string of the molecule is CC(N)C1CCCCN1Cc1cc(=O)n2ccccc2n1.Cl. The number of piperidine rings is 1. The monoisotopic (exact) mass is 322 g/mol. The summed E-state index contributed by atoms with van der Waals surface area (Å²) in [7, 11) is 0. The fourth-order valence-corrected chi connectivity index (χ4v) is 3.20. The lowest BCUT2D eigenvalue weighted by Crippen LogP contribution is -2.48. The Morgan fingerprint density at radius 2 is 2.23 bits per heavy atom. The van der Waals surface area contributed by atoms with Crippen molar-refractivity contribution in [2.24, 2.45) is 5.73 Å². The Morgan fingerprint density at radius 3 is 3.00 bits per heavy atom. The third kappa shape index (κ3) is 3.48. The van der Waals surface area contributed by atoms with Crippen LogP contribution in [-0.4, -0.2) is 32.9 Å². The van der Waals surface area contributed by atoms with Crippen LogP contribution in [0.5, 0.6) is 0 Å². The normalized spacial score (nSPS) is 20.5. The first-order chi connectivity index (χ1) is 10.1. The molecule has 5 nitrogen and oxygen atoms in total. The van der Waals surface area contributed by atoms with Crippen LogP contribution >= 0.6 is 12.4 Å². The molecule has 1 saturated heterocycles. The highest BCUT2D eigenvalue weighted by Gasteiger charge is 2.25. The lowest BCUT2D eigenvalue weighted by Gasteiger charge is -2.37. The van der Waals surface area contributed by atoms with Gasteiger partial charge in [0.25, 0.3) is 5.56 Å². The van der Waals surface area contributed by atoms with Crippen molar-refractivity contribution >= 4 is 18.1 Å². The molecule has 1 aliphatic heterocycles. The van der Waals surface area contributed by atoms with Gasteiger partial charge in [-0.25, -0.2) is 4.98 Å². The van der Waals surface area contributed by atoms with Crippen LogP contribution in [0.2, 0.25) is 0 Å². The van der Waals surface area contributed by atoms with E-state index in [9.17, 15) is 4.79 Å². The zero-order valence-electron chi connectivity index (χ0n) is 12.8. The predicted molar refractivity (Wildman–Crippen MR) is 90.4 cm³/mol. The molecule has 0 bridgehead atoms. The first-order valence-corrected chi connectivity index (χ1v) is 7.62. The quantitative estimate of drug-likeness (QED) is 0.936. The number of halogens is 1. The minimum absolute atomic E-state index is 0. The largest absolute Gasteiger partial charge is 0.327 e. The molecule has 120 valence electrons. The van der Waals surface area contributed by atoms with E-state index in [-0.39, 0.29) is 24.0 Å². The summed E-state index contributed by atoms with van der Waals surface area (Å²) in [5.74, 6) is 0. The van der Waals surface area contributed by atoms with E-state index >= 15 is 0 Å². The van der Waals surface area contributed by atoms with Crippen molar-refractivity contribution in [3.63, 3.8) is 0 Å². The molecule has 0 amide bonds. The smallest absolute Gasteiger partial charge is 0.258 e. The molecule has 1 aliphatic rings.